The molecule has 2 aromatic rings. The van der Waals surface area contributed by atoms with E-state index in [0.29, 0.717) is 0 Å². The van der Waals surface area contributed by atoms with Crippen molar-refractivity contribution >= 4 is 0 Å². The lowest BCUT2D eigenvalue weighted by Crippen LogP contribution is -2.25. The molecule has 3 nitrogen and oxygen atoms in total. The van der Waals surface area contributed by atoms with E-state index in [9.17, 15) is 0 Å². The lowest BCUT2D eigenvalue weighted by atomic mass is 9.89. The van der Waals surface area contributed by atoms with E-state index in [4.69, 9.17) is 4.74 Å². The minimum absolute atomic E-state index is 0.130. The summed E-state index contributed by atoms with van der Waals surface area (Å²) in [5, 5.41) is 3.22. The minimum Gasteiger partial charge on any atom is -0.372 e. The Bertz CT molecular complexity index is 554. The quantitative estimate of drug-likeness (QED) is 0.914. The van der Waals surface area contributed by atoms with Crippen molar-refractivity contribution in [3.05, 3.63) is 53.9 Å². The van der Waals surface area contributed by atoms with Gasteiger partial charge < -0.3 is 10.1 Å². The van der Waals surface area contributed by atoms with Gasteiger partial charge in [0.1, 0.15) is 0 Å². The number of nitrogens with one attached hydrogen (secondary N) is 1. The maximum Gasteiger partial charge on any atom is 0.0957 e. The largest absolute Gasteiger partial charge is 0.372 e. The van der Waals surface area contributed by atoms with Gasteiger partial charge in [0, 0.05) is 24.5 Å². The van der Waals surface area contributed by atoms with Gasteiger partial charge in [0.25, 0.3) is 0 Å². The molecule has 3 heteroatoms. The number of fused-ring (bicyclic) bond motifs is 1. The van der Waals surface area contributed by atoms with Crippen LogP contribution in [0.1, 0.15) is 17.2 Å². The Hall–Kier alpha value is -1.71. The first-order valence-corrected chi connectivity index (χ1v) is 6.68. The van der Waals surface area contributed by atoms with Crippen molar-refractivity contribution in [3.63, 3.8) is 0 Å². The monoisotopic (exact) mass is 254 g/mol. The molecular weight excluding hydrogens is 236 g/mol. The highest BCUT2D eigenvalue weighted by Gasteiger charge is 2.23. The fraction of sp³-hybridized carbons (Fsp3) is 0.312. The smallest absolute Gasteiger partial charge is 0.0957 e. The van der Waals surface area contributed by atoms with Crippen LogP contribution in [0.3, 0.4) is 0 Å². The molecule has 98 valence electrons. The fourth-order valence-corrected chi connectivity index (χ4v) is 2.73. The normalized spacial score (nSPS) is 18.1. The number of benzene rings is 1. The molecule has 0 amide bonds. The zero-order chi connectivity index (χ0) is 13.1. The number of pyridine rings is 1. The van der Waals surface area contributed by atoms with E-state index in [-0.39, 0.29) is 6.10 Å². The van der Waals surface area contributed by atoms with Gasteiger partial charge in [0.15, 0.2) is 0 Å². The van der Waals surface area contributed by atoms with E-state index in [1.807, 2.05) is 19.3 Å². The van der Waals surface area contributed by atoms with E-state index in [0.717, 1.165) is 25.1 Å². The first-order valence-electron chi connectivity index (χ1n) is 6.68. The summed E-state index contributed by atoms with van der Waals surface area (Å²) in [5.41, 5.74) is 5.11. The number of aromatic nitrogens is 1. The highest BCUT2D eigenvalue weighted by molar-refractivity contribution is 5.69. The average Bonchev–Trinajstić information content (AvgIpc) is 2.48. The van der Waals surface area contributed by atoms with E-state index in [1.54, 1.807) is 6.20 Å². The summed E-state index contributed by atoms with van der Waals surface area (Å²) in [4.78, 5) is 4.22. The maximum atomic E-state index is 5.92. The van der Waals surface area contributed by atoms with Crippen molar-refractivity contribution in [2.24, 2.45) is 0 Å². The Balaban J connectivity index is 2.11. The van der Waals surface area contributed by atoms with Crippen LogP contribution in [0.25, 0.3) is 11.1 Å². The lowest BCUT2D eigenvalue weighted by Gasteiger charge is -2.28. The van der Waals surface area contributed by atoms with Gasteiger partial charge in [0.05, 0.1) is 12.7 Å². The summed E-state index contributed by atoms with van der Waals surface area (Å²) >= 11 is 0. The molecule has 0 unspecified atom stereocenters. The van der Waals surface area contributed by atoms with Crippen LogP contribution in [0.15, 0.2) is 42.7 Å². The van der Waals surface area contributed by atoms with Gasteiger partial charge in [-0.05, 0) is 36.2 Å². The van der Waals surface area contributed by atoms with Crippen molar-refractivity contribution < 1.29 is 4.74 Å². The van der Waals surface area contributed by atoms with Crippen molar-refractivity contribution in [1.82, 2.24) is 10.3 Å². The van der Waals surface area contributed by atoms with Crippen LogP contribution in [-0.2, 0) is 11.2 Å². The van der Waals surface area contributed by atoms with Crippen LogP contribution in [0, 0.1) is 0 Å². The fourth-order valence-electron chi connectivity index (χ4n) is 2.73. The molecule has 1 N–H and O–H groups in total. The molecule has 3 rings (SSSR count). The number of likely N-dealkylation sites (N-methyl/N-ethyl adjacent to an activating group) is 1. The second-order valence-corrected chi connectivity index (χ2v) is 4.79. The van der Waals surface area contributed by atoms with E-state index >= 15 is 0 Å². The predicted molar refractivity (Wildman–Crippen MR) is 76.0 cm³/mol. The number of hydrogen-bond donors (Lipinski definition) is 1. The van der Waals surface area contributed by atoms with Gasteiger partial charge in [-0.25, -0.2) is 0 Å². The molecule has 1 aliphatic heterocycles. The Morgan fingerprint density at radius 2 is 2.26 bits per heavy atom. The molecule has 1 aromatic heterocycles. The van der Waals surface area contributed by atoms with Gasteiger partial charge in [-0.2, -0.15) is 0 Å². The topological polar surface area (TPSA) is 34.1 Å². The first-order chi connectivity index (χ1) is 9.40. The van der Waals surface area contributed by atoms with Crippen LogP contribution < -0.4 is 5.32 Å². The minimum atomic E-state index is 0.130. The third kappa shape index (κ3) is 2.39. The zero-order valence-corrected chi connectivity index (χ0v) is 11.1. The molecular formula is C16H18N2O. The van der Waals surface area contributed by atoms with Crippen molar-refractivity contribution in [2.75, 3.05) is 20.2 Å². The highest BCUT2D eigenvalue weighted by atomic mass is 16.5. The first kappa shape index (κ1) is 12.3. The second kappa shape index (κ2) is 5.51. The molecule has 0 aliphatic carbocycles. The lowest BCUT2D eigenvalue weighted by molar-refractivity contribution is 0.0443. The van der Waals surface area contributed by atoms with Crippen LogP contribution in [0.2, 0.25) is 0 Å². The Morgan fingerprint density at radius 1 is 1.32 bits per heavy atom. The van der Waals surface area contributed by atoms with Crippen molar-refractivity contribution in [1.29, 1.82) is 0 Å². The summed E-state index contributed by atoms with van der Waals surface area (Å²) in [6.45, 7) is 1.64. The van der Waals surface area contributed by atoms with Crippen molar-refractivity contribution in [3.8, 4) is 11.1 Å². The molecule has 1 atom stereocenters. The summed E-state index contributed by atoms with van der Waals surface area (Å²) in [6, 6.07) is 10.6. The summed E-state index contributed by atoms with van der Waals surface area (Å²) in [7, 11) is 1.96. The third-order valence-corrected chi connectivity index (χ3v) is 3.57. The molecule has 0 saturated heterocycles. The molecule has 1 aromatic carbocycles. The third-order valence-electron chi connectivity index (χ3n) is 3.57. The molecule has 0 saturated carbocycles. The van der Waals surface area contributed by atoms with E-state index < -0.39 is 0 Å². The Kier molecular flexibility index (Phi) is 3.58. The van der Waals surface area contributed by atoms with Gasteiger partial charge >= 0.3 is 0 Å². The Labute approximate surface area is 113 Å². The molecule has 0 radical (unpaired) electrons. The van der Waals surface area contributed by atoms with E-state index in [2.05, 4.69) is 34.6 Å². The molecule has 0 spiro atoms. The maximum absolute atomic E-state index is 5.92. The van der Waals surface area contributed by atoms with Crippen LogP contribution in [0.5, 0.6) is 0 Å². The SMILES string of the molecule is CNC[C@H]1OCCc2cccc(-c3cccnc3)c21. The number of ether oxygens (including phenoxy) is 1. The number of hydrogen-bond acceptors (Lipinski definition) is 3. The summed E-state index contributed by atoms with van der Waals surface area (Å²) in [5.74, 6) is 0. The van der Waals surface area contributed by atoms with Crippen LogP contribution in [-0.4, -0.2) is 25.2 Å². The van der Waals surface area contributed by atoms with Crippen molar-refractivity contribution in [2.45, 2.75) is 12.5 Å². The van der Waals surface area contributed by atoms with Gasteiger partial charge in [-0.15, -0.1) is 0 Å². The molecule has 0 fully saturated rings. The van der Waals surface area contributed by atoms with Crippen LogP contribution in [0.4, 0.5) is 0 Å². The number of nitrogens with zero attached hydrogens (tertiary/aromatic N) is 1. The molecule has 19 heavy (non-hydrogen) atoms. The van der Waals surface area contributed by atoms with Gasteiger partial charge in [-0.3, -0.25) is 4.98 Å². The number of rotatable bonds is 3. The molecule has 0 bridgehead atoms. The van der Waals surface area contributed by atoms with Gasteiger partial charge in [0.2, 0.25) is 0 Å². The van der Waals surface area contributed by atoms with Crippen LogP contribution >= 0.6 is 0 Å². The summed E-state index contributed by atoms with van der Waals surface area (Å²) < 4.78 is 5.92. The average molecular weight is 254 g/mol. The highest BCUT2D eigenvalue weighted by Crippen LogP contribution is 2.35. The zero-order valence-electron chi connectivity index (χ0n) is 11.1. The standard InChI is InChI=1S/C16H18N2O/c1-17-11-15-16-12(7-9-19-15)4-2-6-14(16)13-5-3-8-18-10-13/h2-6,8,10,15,17H,7,9,11H2,1H3/t15-/m1/s1. The predicted octanol–water partition coefficient (Wildman–Crippen LogP) is 2.58. The Morgan fingerprint density at radius 3 is 3.05 bits per heavy atom. The summed E-state index contributed by atoms with van der Waals surface area (Å²) in [6.07, 6.45) is 4.84. The second-order valence-electron chi connectivity index (χ2n) is 4.79. The molecule has 1 aliphatic rings. The van der Waals surface area contributed by atoms with Gasteiger partial charge in [-0.1, -0.05) is 24.3 Å². The molecule has 2 heterocycles. The van der Waals surface area contributed by atoms with E-state index in [1.165, 1.54) is 16.7 Å².